The standard InChI is InChI=1S/C22H33N3O5/c1-15(2)12-17(23-21(28)19-10-7-11-25(19)14-26)20(27)24-18(22(29)30-3)13-16-8-5-4-6-9-16/h4-6,8-9,14-15,17-19,22,29H,7,10-13H2,1-3H3,(H,23,28)(H,24,27)/t17-,18-,19-,22?/m0/s1. The highest BCUT2D eigenvalue weighted by molar-refractivity contribution is 5.90. The maximum atomic E-state index is 13.0. The third kappa shape index (κ3) is 6.81. The molecule has 0 bridgehead atoms. The van der Waals surface area contributed by atoms with Crippen LogP contribution in [0.15, 0.2) is 30.3 Å². The first-order valence-corrected chi connectivity index (χ1v) is 10.4. The van der Waals surface area contributed by atoms with Crippen LogP contribution >= 0.6 is 0 Å². The Morgan fingerprint density at radius 2 is 1.97 bits per heavy atom. The van der Waals surface area contributed by atoms with Gasteiger partial charge in [0.1, 0.15) is 12.1 Å². The van der Waals surface area contributed by atoms with Crippen molar-refractivity contribution in [1.82, 2.24) is 15.5 Å². The number of likely N-dealkylation sites (tertiary alicyclic amines) is 1. The zero-order valence-electron chi connectivity index (χ0n) is 17.9. The van der Waals surface area contributed by atoms with E-state index in [1.807, 2.05) is 44.2 Å². The van der Waals surface area contributed by atoms with Gasteiger partial charge in [-0.2, -0.15) is 0 Å². The van der Waals surface area contributed by atoms with Crippen molar-refractivity contribution in [3.05, 3.63) is 35.9 Å². The average Bonchev–Trinajstić information content (AvgIpc) is 3.21. The predicted octanol–water partition coefficient (Wildman–Crippen LogP) is 0.830. The molecule has 166 valence electrons. The van der Waals surface area contributed by atoms with Crippen molar-refractivity contribution in [2.75, 3.05) is 13.7 Å². The summed E-state index contributed by atoms with van der Waals surface area (Å²) in [6.45, 7) is 4.47. The second kappa shape index (κ2) is 11.7. The van der Waals surface area contributed by atoms with E-state index in [0.29, 0.717) is 32.2 Å². The van der Waals surface area contributed by atoms with Gasteiger partial charge < -0.3 is 25.4 Å². The first-order valence-electron chi connectivity index (χ1n) is 10.4. The number of carbonyl (C=O) groups is 3. The zero-order chi connectivity index (χ0) is 22.1. The Kier molecular flexibility index (Phi) is 9.26. The number of hydrogen-bond donors (Lipinski definition) is 3. The van der Waals surface area contributed by atoms with E-state index in [9.17, 15) is 19.5 Å². The lowest BCUT2D eigenvalue weighted by molar-refractivity contribution is -0.137. The first-order chi connectivity index (χ1) is 14.3. The number of nitrogens with zero attached hydrogens (tertiary/aromatic N) is 1. The molecule has 1 fully saturated rings. The minimum Gasteiger partial charge on any atom is -0.366 e. The Bertz CT molecular complexity index is 697. The lowest BCUT2D eigenvalue weighted by atomic mass is 10.0. The number of benzene rings is 1. The molecule has 3 amide bonds. The molecule has 30 heavy (non-hydrogen) atoms. The molecule has 0 aromatic heterocycles. The van der Waals surface area contributed by atoms with Gasteiger partial charge >= 0.3 is 0 Å². The normalized spacial score (nSPS) is 19.2. The van der Waals surface area contributed by atoms with Crippen LogP contribution in [0.2, 0.25) is 0 Å². The van der Waals surface area contributed by atoms with Gasteiger partial charge in [-0.3, -0.25) is 14.4 Å². The van der Waals surface area contributed by atoms with Gasteiger partial charge in [0.05, 0.1) is 6.04 Å². The molecule has 2 rings (SSSR count). The lowest BCUT2D eigenvalue weighted by Gasteiger charge is -2.28. The number of methoxy groups -OCH3 is 1. The van der Waals surface area contributed by atoms with Crippen molar-refractivity contribution in [3.8, 4) is 0 Å². The van der Waals surface area contributed by atoms with E-state index in [1.54, 1.807) is 0 Å². The fourth-order valence-corrected chi connectivity index (χ4v) is 3.71. The SMILES string of the molecule is COC(O)[C@H](Cc1ccccc1)NC(=O)[C@H](CC(C)C)NC(=O)[C@@H]1CCCN1C=O. The van der Waals surface area contributed by atoms with Crippen LogP contribution in [0.25, 0.3) is 0 Å². The molecule has 0 spiro atoms. The maximum Gasteiger partial charge on any atom is 0.243 e. The minimum atomic E-state index is -1.19. The fourth-order valence-electron chi connectivity index (χ4n) is 3.71. The molecular weight excluding hydrogens is 386 g/mol. The van der Waals surface area contributed by atoms with Gasteiger partial charge in [-0.1, -0.05) is 44.2 Å². The molecule has 1 aromatic rings. The summed E-state index contributed by atoms with van der Waals surface area (Å²) in [4.78, 5) is 38.4. The van der Waals surface area contributed by atoms with Crippen molar-refractivity contribution in [2.24, 2.45) is 5.92 Å². The summed E-state index contributed by atoms with van der Waals surface area (Å²) in [5.41, 5.74) is 0.941. The smallest absolute Gasteiger partial charge is 0.243 e. The third-order valence-corrected chi connectivity index (χ3v) is 5.28. The molecule has 0 saturated carbocycles. The highest BCUT2D eigenvalue weighted by atomic mass is 16.6. The molecule has 0 aliphatic carbocycles. The molecule has 0 radical (unpaired) electrons. The van der Waals surface area contributed by atoms with Crippen molar-refractivity contribution in [3.63, 3.8) is 0 Å². The van der Waals surface area contributed by atoms with Crippen molar-refractivity contribution in [1.29, 1.82) is 0 Å². The number of hydrogen-bond acceptors (Lipinski definition) is 5. The molecule has 4 atom stereocenters. The van der Waals surface area contributed by atoms with Crippen molar-refractivity contribution < 1.29 is 24.2 Å². The Balaban J connectivity index is 2.09. The molecule has 8 nitrogen and oxygen atoms in total. The van der Waals surface area contributed by atoms with Gasteiger partial charge in [0.25, 0.3) is 0 Å². The van der Waals surface area contributed by atoms with E-state index < -0.39 is 24.4 Å². The molecular formula is C22H33N3O5. The molecule has 3 N–H and O–H groups in total. The fraction of sp³-hybridized carbons (Fsp3) is 0.591. The lowest BCUT2D eigenvalue weighted by Crippen LogP contribution is -2.56. The quantitative estimate of drug-likeness (QED) is 0.364. The van der Waals surface area contributed by atoms with Crippen LogP contribution < -0.4 is 10.6 Å². The van der Waals surface area contributed by atoms with Crippen molar-refractivity contribution >= 4 is 18.2 Å². The Hall–Kier alpha value is -2.45. The number of aliphatic hydroxyl groups is 1. The number of carbonyl (C=O) groups excluding carboxylic acids is 3. The number of amides is 3. The number of nitrogens with one attached hydrogen (secondary N) is 2. The summed E-state index contributed by atoms with van der Waals surface area (Å²) in [6.07, 6.45) is 1.65. The van der Waals surface area contributed by atoms with Crippen LogP contribution in [-0.2, 0) is 25.5 Å². The number of ether oxygens (including phenoxy) is 1. The zero-order valence-corrected chi connectivity index (χ0v) is 17.9. The topological polar surface area (TPSA) is 108 Å². The summed E-state index contributed by atoms with van der Waals surface area (Å²) < 4.78 is 5.05. The maximum absolute atomic E-state index is 13.0. The Morgan fingerprint density at radius 1 is 1.27 bits per heavy atom. The highest BCUT2D eigenvalue weighted by Gasteiger charge is 2.33. The van der Waals surface area contributed by atoms with E-state index in [1.165, 1.54) is 12.0 Å². The van der Waals surface area contributed by atoms with Crippen LogP contribution in [0.4, 0.5) is 0 Å². The molecule has 1 aromatic carbocycles. The minimum absolute atomic E-state index is 0.159. The van der Waals surface area contributed by atoms with Gasteiger partial charge in [0.2, 0.25) is 18.2 Å². The largest absolute Gasteiger partial charge is 0.366 e. The molecule has 1 aliphatic heterocycles. The van der Waals surface area contributed by atoms with E-state index in [-0.39, 0.29) is 17.7 Å². The third-order valence-electron chi connectivity index (χ3n) is 5.28. The predicted molar refractivity (Wildman–Crippen MR) is 112 cm³/mol. The van der Waals surface area contributed by atoms with E-state index in [0.717, 1.165) is 12.0 Å². The summed E-state index contributed by atoms with van der Waals surface area (Å²) in [5.74, 6) is -0.552. The summed E-state index contributed by atoms with van der Waals surface area (Å²) in [5, 5.41) is 15.9. The second-order valence-electron chi connectivity index (χ2n) is 8.12. The van der Waals surface area contributed by atoms with Gasteiger partial charge in [0.15, 0.2) is 6.29 Å². The van der Waals surface area contributed by atoms with Crippen LogP contribution in [0.1, 0.15) is 38.7 Å². The molecule has 8 heteroatoms. The van der Waals surface area contributed by atoms with Crippen LogP contribution in [-0.4, -0.2) is 66.3 Å². The van der Waals surface area contributed by atoms with Gasteiger partial charge in [0, 0.05) is 13.7 Å². The van der Waals surface area contributed by atoms with Gasteiger partial charge in [-0.05, 0) is 37.2 Å². The summed E-state index contributed by atoms with van der Waals surface area (Å²) in [6, 6.07) is 7.49. The number of rotatable bonds is 11. The van der Waals surface area contributed by atoms with E-state index in [4.69, 9.17) is 4.74 Å². The molecule has 1 saturated heterocycles. The second-order valence-corrected chi connectivity index (χ2v) is 8.12. The van der Waals surface area contributed by atoms with Gasteiger partial charge in [-0.15, -0.1) is 0 Å². The monoisotopic (exact) mass is 419 g/mol. The Labute approximate surface area is 178 Å². The number of aliphatic hydroxyl groups excluding tert-OH is 1. The van der Waals surface area contributed by atoms with Crippen molar-refractivity contribution in [2.45, 2.75) is 63.9 Å². The van der Waals surface area contributed by atoms with E-state index >= 15 is 0 Å². The Morgan fingerprint density at radius 3 is 2.57 bits per heavy atom. The van der Waals surface area contributed by atoms with Crippen LogP contribution in [0.5, 0.6) is 0 Å². The highest BCUT2D eigenvalue weighted by Crippen LogP contribution is 2.16. The van der Waals surface area contributed by atoms with Crippen LogP contribution in [0, 0.1) is 5.92 Å². The molecule has 1 aliphatic rings. The van der Waals surface area contributed by atoms with Crippen LogP contribution in [0.3, 0.4) is 0 Å². The summed E-state index contributed by atoms with van der Waals surface area (Å²) >= 11 is 0. The summed E-state index contributed by atoms with van der Waals surface area (Å²) in [7, 11) is 1.37. The average molecular weight is 420 g/mol. The molecule has 1 unspecified atom stereocenters. The molecule has 1 heterocycles. The first kappa shape index (κ1) is 23.8. The van der Waals surface area contributed by atoms with Gasteiger partial charge in [-0.25, -0.2) is 0 Å². The van der Waals surface area contributed by atoms with E-state index in [2.05, 4.69) is 10.6 Å².